The quantitative estimate of drug-likeness (QED) is 0.821. The maximum Gasteiger partial charge on any atom is 0.301 e. The van der Waals surface area contributed by atoms with Crippen LogP contribution in [-0.4, -0.2) is 45.1 Å². The lowest BCUT2D eigenvalue weighted by Crippen LogP contribution is -2.34. The smallest absolute Gasteiger partial charge is 0.301 e. The lowest BCUT2D eigenvalue weighted by Gasteiger charge is -2.18. The number of likely N-dealkylation sites (N-methyl/N-ethyl adjacent to an activating group) is 1. The summed E-state index contributed by atoms with van der Waals surface area (Å²) >= 11 is 3.11. The SMILES string of the molecule is COCCN(C)S(=O)(=O)Nc1cccc(O)c1Br. The van der Waals surface area contributed by atoms with Crippen molar-refractivity contribution < 1.29 is 18.3 Å². The largest absolute Gasteiger partial charge is 0.507 e. The van der Waals surface area contributed by atoms with Gasteiger partial charge in [0.05, 0.1) is 16.8 Å². The highest BCUT2D eigenvalue weighted by molar-refractivity contribution is 9.10. The van der Waals surface area contributed by atoms with Crippen LogP contribution in [0.3, 0.4) is 0 Å². The Hall–Kier alpha value is -0.830. The Morgan fingerprint density at radius 2 is 2.17 bits per heavy atom. The van der Waals surface area contributed by atoms with Crippen molar-refractivity contribution in [3.63, 3.8) is 0 Å². The number of nitrogens with zero attached hydrogens (tertiary/aromatic N) is 1. The molecule has 1 aromatic rings. The molecule has 0 saturated heterocycles. The lowest BCUT2D eigenvalue weighted by molar-refractivity contribution is 0.185. The maximum atomic E-state index is 11.9. The molecule has 1 aromatic carbocycles. The number of aromatic hydroxyl groups is 1. The van der Waals surface area contributed by atoms with Crippen molar-refractivity contribution in [2.24, 2.45) is 0 Å². The van der Waals surface area contributed by atoms with E-state index in [9.17, 15) is 13.5 Å². The molecule has 8 heteroatoms. The summed E-state index contributed by atoms with van der Waals surface area (Å²) < 4.78 is 32.5. The molecule has 18 heavy (non-hydrogen) atoms. The third kappa shape index (κ3) is 3.84. The lowest BCUT2D eigenvalue weighted by atomic mass is 10.3. The summed E-state index contributed by atoms with van der Waals surface area (Å²) in [5.74, 6) is -0.0326. The number of rotatable bonds is 6. The molecule has 0 radical (unpaired) electrons. The highest BCUT2D eigenvalue weighted by Gasteiger charge is 2.18. The van der Waals surface area contributed by atoms with Crippen LogP contribution in [0.25, 0.3) is 0 Å². The van der Waals surface area contributed by atoms with Gasteiger partial charge in [0.2, 0.25) is 0 Å². The summed E-state index contributed by atoms with van der Waals surface area (Å²) in [6, 6.07) is 4.55. The standard InChI is InChI=1S/C10H15BrN2O4S/c1-13(6-7-17-2)18(15,16)12-8-4-3-5-9(14)10(8)11/h3-5,12,14H,6-7H2,1-2H3. The molecule has 2 N–H and O–H groups in total. The van der Waals surface area contributed by atoms with Gasteiger partial charge in [0.25, 0.3) is 0 Å². The Morgan fingerprint density at radius 3 is 2.78 bits per heavy atom. The number of hydrogen-bond acceptors (Lipinski definition) is 4. The summed E-state index contributed by atoms with van der Waals surface area (Å²) in [5.41, 5.74) is 0.277. The van der Waals surface area contributed by atoms with Gasteiger partial charge in [-0.1, -0.05) is 6.07 Å². The predicted octanol–water partition coefficient (Wildman–Crippen LogP) is 1.39. The van der Waals surface area contributed by atoms with E-state index in [-0.39, 0.29) is 18.0 Å². The Labute approximate surface area is 115 Å². The molecule has 0 amide bonds. The summed E-state index contributed by atoms with van der Waals surface area (Å²) in [6.45, 7) is 0.543. The minimum Gasteiger partial charge on any atom is -0.507 e. The van der Waals surface area contributed by atoms with Gasteiger partial charge < -0.3 is 9.84 Å². The van der Waals surface area contributed by atoms with E-state index in [0.29, 0.717) is 11.1 Å². The second-order valence-corrected chi connectivity index (χ2v) is 6.13. The van der Waals surface area contributed by atoms with Crippen LogP contribution in [0.2, 0.25) is 0 Å². The summed E-state index contributed by atoms with van der Waals surface area (Å²) in [5, 5.41) is 9.46. The number of phenols is 1. The first-order chi connectivity index (χ1) is 8.38. The first kappa shape index (κ1) is 15.2. The zero-order valence-electron chi connectivity index (χ0n) is 10.1. The number of phenolic OH excluding ortho intramolecular Hbond substituents is 1. The summed E-state index contributed by atoms with van der Waals surface area (Å²) in [4.78, 5) is 0. The number of methoxy groups -OCH3 is 1. The molecule has 0 bridgehead atoms. The van der Waals surface area contributed by atoms with E-state index in [2.05, 4.69) is 20.7 Å². The first-order valence-electron chi connectivity index (χ1n) is 5.09. The second-order valence-electron chi connectivity index (χ2n) is 3.56. The number of nitrogens with one attached hydrogen (secondary N) is 1. The third-order valence-corrected chi connectivity index (χ3v) is 4.55. The fourth-order valence-corrected chi connectivity index (χ4v) is 2.57. The molecule has 0 unspecified atom stereocenters. The van der Waals surface area contributed by atoms with Crippen molar-refractivity contribution in [1.82, 2.24) is 4.31 Å². The number of halogens is 1. The molecule has 0 heterocycles. The Balaban J connectivity index is 2.85. The van der Waals surface area contributed by atoms with Crippen molar-refractivity contribution in [1.29, 1.82) is 0 Å². The molecule has 6 nitrogen and oxygen atoms in total. The number of hydrogen-bond donors (Lipinski definition) is 2. The van der Waals surface area contributed by atoms with Crippen LogP contribution in [0.5, 0.6) is 5.75 Å². The van der Waals surface area contributed by atoms with Gasteiger partial charge in [-0.25, -0.2) is 0 Å². The van der Waals surface area contributed by atoms with Gasteiger partial charge in [0, 0.05) is 20.7 Å². The molecule has 0 aliphatic rings. The number of ether oxygens (including phenoxy) is 1. The Morgan fingerprint density at radius 1 is 1.50 bits per heavy atom. The molecule has 0 aliphatic heterocycles. The Kier molecular flexibility index (Phi) is 5.39. The molecule has 0 aliphatic carbocycles. The van der Waals surface area contributed by atoms with Gasteiger partial charge in [-0.2, -0.15) is 12.7 Å². The van der Waals surface area contributed by atoms with Crippen molar-refractivity contribution in [2.45, 2.75) is 0 Å². The van der Waals surface area contributed by atoms with E-state index in [1.165, 1.54) is 20.2 Å². The van der Waals surface area contributed by atoms with E-state index in [1.54, 1.807) is 12.1 Å². The Bertz CT molecular complexity index is 507. The molecular formula is C10H15BrN2O4S. The topological polar surface area (TPSA) is 78.9 Å². The van der Waals surface area contributed by atoms with Gasteiger partial charge in [0.15, 0.2) is 0 Å². The van der Waals surface area contributed by atoms with Crippen LogP contribution in [0, 0.1) is 0 Å². The van der Waals surface area contributed by atoms with Crippen molar-refractivity contribution in [3.8, 4) is 5.75 Å². The molecule has 102 valence electrons. The van der Waals surface area contributed by atoms with Crippen molar-refractivity contribution in [3.05, 3.63) is 22.7 Å². The normalized spacial score (nSPS) is 11.8. The average molecular weight is 339 g/mol. The molecule has 0 saturated carbocycles. The van der Waals surface area contributed by atoms with E-state index in [0.717, 1.165) is 4.31 Å². The zero-order valence-corrected chi connectivity index (χ0v) is 12.5. The second kappa shape index (κ2) is 6.37. The molecular weight excluding hydrogens is 324 g/mol. The van der Waals surface area contributed by atoms with Crippen LogP contribution >= 0.6 is 15.9 Å². The van der Waals surface area contributed by atoms with Crippen LogP contribution in [-0.2, 0) is 14.9 Å². The molecule has 0 spiro atoms. The molecule has 0 aromatic heterocycles. The van der Waals surface area contributed by atoms with Crippen LogP contribution in [0.4, 0.5) is 5.69 Å². The van der Waals surface area contributed by atoms with Gasteiger partial charge in [-0.05, 0) is 28.1 Å². The highest BCUT2D eigenvalue weighted by Crippen LogP contribution is 2.31. The third-order valence-electron chi connectivity index (χ3n) is 2.24. The predicted molar refractivity (Wildman–Crippen MR) is 72.9 cm³/mol. The maximum absolute atomic E-state index is 11.9. The molecule has 0 fully saturated rings. The first-order valence-corrected chi connectivity index (χ1v) is 7.32. The fourth-order valence-electron chi connectivity index (χ4n) is 1.16. The van der Waals surface area contributed by atoms with E-state index in [4.69, 9.17) is 4.74 Å². The van der Waals surface area contributed by atoms with E-state index >= 15 is 0 Å². The van der Waals surface area contributed by atoms with E-state index < -0.39 is 10.2 Å². The highest BCUT2D eigenvalue weighted by atomic mass is 79.9. The molecule has 0 atom stereocenters. The minimum atomic E-state index is -3.66. The van der Waals surface area contributed by atoms with Crippen LogP contribution < -0.4 is 4.72 Å². The average Bonchev–Trinajstić information content (AvgIpc) is 2.31. The van der Waals surface area contributed by atoms with Gasteiger partial charge in [-0.3, -0.25) is 4.72 Å². The zero-order chi connectivity index (χ0) is 13.8. The number of benzene rings is 1. The van der Waals surface area contributed by atoms with Crippen LogP contribution in [0.1, 0.15) is 0 Å². The molecule has 1 rings (SSSR count). The monoisotopic (exact) mass is 338 g/mol. The van der Waals surface area contributed by atoms with Gasteiger partial charge in [0.1, 0.15) is 5.75 Å². The van der Waals surface area contributed by atoms with E-state index in [1.807, 2.05) is 0 Å². The fraction of sp³-hybridized carbons (Fsp3) is 0.400. The van der Waals surface area contributed by atoms with Gasteiger partial charge in [-0.15, -0.1) is 0 Å². The number of anilines is 1. The minimum absolute atomic E-state index is 0.0326. The summed E-state index contributed by atoms with van der Waals surface area (Å²) in [6.07, 6.45) is 0. The summed E-state index contributed by atoms with van der Waals surface area (Å²) in [7, 11) is -0.720. The van der Waals surface area contributed by atoms with Gasteiger partial charge >= 0.3 is 10.2 Å². The van der Waals surface area contributed by atoms with Crippen LogP contribution in [0.15, 0.2) is 22.7 Å². The van der Waals surface area contributed by atoms with Crippen molar-refractivity contribution in [2.75, 3.05) is 32.0 Å². The van der Waals surface area contributed by atoms with Crippen molar-refractivity contribution >= 4 is 31.8 Å².